The van der Waals surface area contributed by atoms with E-state index in [0.717, 1.165) is 29.1 Å². The van der Waals surface area contributed by atoms with Gasteiger partial charge >= 0.3 is 0 Å². The number of primary amides is 1. The van der Waals surface area contributed by atoms with Crippen LogP contribution >= 0.6 is 11.3 Å². The lowest BCUT2D eigenvalue weighted by Crippen LogP contribution is -2.57. The van der Waals surface area contributed by atoms with Crippen LogP contribution in [0.5, 0.6) is 0 Å². The van der Waals surface area contributed by atoms with Gasteiger partial charge in [-0.1, -0.05) is 30.3 Å². The van der Waals surface area contributed by atoms with Crippen LogP contribution in [0.1, 0.15) is 43.0 Å². The molecule has 4 aliphatic carbocycles. The summed E-state index contributed by atoms with van der Waals surface area (Å²) in [6, 6.07) is 10.3. The van der Waals surface area contributed by atoms with E-state index in [2.05, 4.69) is 17.5 Å². The highest BCUT2D eigenvalue weighted by Crippen LogP contribution is 2.66. The molecule has 2 aromatic rings. The zero-order chi connectivity index (χ0) is 16.3. The highest BCUT2D eigenvalue weighted by molar-refractivity contribution is 7.10. The van der Waals surface area contributed by atoms with Crippen LogP contribution in [0, 0.1) is 23.2 Å². The maximum absolute atomic E-state index is 12.5. The molecule has 0 aliphatic heterocycles. The lowest BCUT2D eigenvalue weighted by molar-refractivity contribution is -0.147. The average molecular weight is 338 g/mol. The van der Waals surface area contributed by atoms with Crippen LogP contribution in [0.4, 0.5) is 0 Å². The monoisotopic (exact) mass is 338 g/mol. The van der Waals surface area contributed by atoms with Gasteiger partial charge in [0.05, 0.1) is 16.1 Å². The van der Waals surface area contributed by atoms with E-state index in [9.17, 15) is 4.79 Å². The molecule has 124 valence electrons. The maximum atomic E-state index is 12.5. The van der Waals surface area contributed by atoms with E-state index < -0.39 is 0 Å². The third-order valence-corrected chi connectivity index (χ3v) is 7.59. The average Bonchev–Trinajstić information content (AvgIpc) is 3.04. The van der Waals surface area contributed by atoms with Crippen molar-refractivity contribution in [1.29, 1.82) is 0 Å². The Morgan fingerprint density at radius 3 is 2.50 bits per heavy atom. The van der Waals surface area contributed by atoms with Crippen LogP contribution in [0.2, 0.25) is 0 Å². The lowest BCUT2D eigenvalue weighted by atomic mass is 9.45. The van der Waals surface area contributed by atoms with Gasteiger partial charge in [0.2, 0.25) is 5.91 Å². The van der Waals surface area contributed by atoms with Crippen molar-refractivity contribution in [3.63, 3.8) is 0 Å². The van der Waals surface area contributed by atoms with E-state index in [1.54, 1.807) is 11.3 Å². The Balaban J connectivity index is 1.56. The number of nitrogens with two attached hydrogens (primary N) is 1. The molecule has 2 unspecified atom stereocenters. The summed E-state index contributed by atoms with van der Waals surface area (Å²) in [6.07, 6.45) is 5.80. The van der Waals surface area contributed by atoms with Gasteiger partial charge < -0.3 is 5.73 Å². The molecule has 1 aromatic carbocycles. The van der Waals surface area contributed by atoms with Crippen LogP contribution in [0.25, 0.3) is 11.3 Å². The minimum atomic E-state index is -0.333. The largest absolute Gasteiger partial charge is 0.369 e. The molecule has 4 heteroatoms. The Kier molecular flexibility index (Phi) is 3.15. The van der Waals surface area contributed by atoms with Crippen LogP contribution in [-0.2, 0) is 4.79 Å². The predicted molar refractivity (Wildman–Crippen MR) is 95.5 cm³/mol. The topological polar surface area (TPSA) is 56.0 Å². The van der Waals surface area contributed by atoms with Crippen LogP contribution in [-0.4, -0.2) is 10.9 Å². The van der Waals surface area contributed by atoms with Crippen molar-refractivity contribution in [3.8, 4) is 11.3 Å². The molecule has 6 rings (SSSR count). The van der Waals surface area contributed by atoms with Crippen molar-refractivity contribution in [2.75, 3.05) is 0 Å². The van der Waals surface area contributed by atoms with Crippen LogP contribution in [0.3, 0.4) is 0 Å². The molecule has 3 atom stereocenters. The van der Waals surface area contributed by atoms with E-state index in [1.165, 1.54) is 19.3 Å². The fraction of sp³-hybridized carbons (Fsp3) is 0.500. The molecule has 1 heterocycles. The number of benzene rings is 1. The van der Waals surface area contributed by atoms with Gasteiger partial charge in [-0.25, -0.2) is 4.98 Å². The third-order valence-electron chi connectivity index (χ3n) is 6.66. The predicted octanol–water partition coefficient (Wildman–Crippen LogP) is 4.21. The van der Waals surface area contributed by atoms with Crippen molar-refractivity contribution in [2.45, 2.75) is 38.0 Å². The summed E-state index contributed by atoms with van der Waals surface area (Å²) in [5, 5.41) is 3.28. The first-order valence-corrected chi connectivity index (χ1v) is 9.84. The molecule has 0 saturated heterocycles. The van der Waals surface area contributed by atoms with Crippen molar-refractivity contribution in [3.05, 3.63) is 40.7 Å². The number of carbonyl (C=O) groups excluding carboxylic acids is 1. The highest BCUT2D eigenvalue weighted by atomic mass is 32.1. The Morgan fingerprint density at radius 1 is 1.12 bits per heavy atom. The number of hydrogen-bond acceptors (Lipinski definition) is 3. The summed E-state index contributed by atoms with van der Waals surface area (Å²) >= 11 is 1.72. The minimum absolute atomic E-state index is 0.0805. The molecular weight excluding hydrogens is 316 g/mol. The van der Waals surface area contributed by atoms with E-state index in [0.29, 0.717) is 17.8 Å². The second-order valence-corrected chi connectivity index (χ2v) is 8.93. The van der Waals surface area contributed by atoms with Gasteiger partial charge in [0, 0.05) is 16.9 Å². The van der Waals surface area contributed by atoms with Gasteiger partial charge in [0.25, 0.3) is 0 Å². The van der Waals surface area contributed by atoms with E-state index in [4.69, 9.17) is 10.7 Å². The standard InChI is InChI=1S/C20H22N2OS/c21-19(23)20-9-12-6-13(10-20)8-15(7-12)17(20)18-22-16(11-24-18)14-4-2-1-3-5-14/h1-5,11-13,15,17H,6-10H2,(H2,21,23)/t12?,13?,15?,17-,20?/m1/s1. The molecule has 1 aromatic heterocycles. The molecule has 0 radical (unpaired) electrons. The molecular formula is C20H22N2OS. The first-order chi connectivity index (χ1) is 11.7. The van der Waals surface area contributed by atoms with Crippen LogP contribution in [0.15, 0.2) is 35.7 Å². The Hall–Kier alpha value is -1.68. The molecule has 2 N–H and O–H groups in total. The summed E-state index contributed by atoms with van der Waals surface area (Å²) in [7, 11) is 0. The Bertz CT molecular complexity index is 770. The number of aromatic nitrogens is 1. The first kappa shape index (κ1) is 14.6. The number of rotatable bonds is 3. The first-order valence-electron chi connectivity index (χ1n) is 8.96. The van der Waals surface area contributed by atoms with Gasteiger partial charge in [-0.05, 0) is 49.9 Å². The molecule has 4 saturated carbocycles. The smallest absolute Gasteiger partial charge is 0.224 e. The molecule has 3 nitrogen and oxygen atoms in total. The molecule has 4 bridgehead atoms. The zero-order valence-electron chi connectivity index (χ0n) is 13.7. The number of hydrogen-bond donors (Lipinski definition) is 1. The Labute approximate surface area is 146 Å². The fourth-order valence-electron chi connectivity index (χ4n) is 6.00. The quantitative estimate of drug-likeness (QED) is 0.911. The van der Waals surface area contributed by atoms with Crippen molar-refractivity contribution in [2.24, 2.45) is 28.9 Å². The normalized spacial score (nSPS) is 36.8. The Morgan fingerprint density at radius 2 is 1.83 bits per heavy atom. The molecule has 24 heavy (non-hydrogen) atoms. The summed E-state index contributed by atoms with van der Waals surface area (Å²) in [5.74, 6) is 2.17. The van der Waals surface area contributed by atoms with E-state index in [1.807, 2.05) is 18.2 Å². The summed E-state index contributed by atoms with van der Waals surface area (Å²) in [6.45, 7) is 0. The summed E-state index contributed by atoms with van der Waals surface area (Å²) < 4.78 is 0. The fourth-order valence-corrected chi connectivity index (χ4v) is 7.14. The maximum Gasteiger partial charge on any atom is 0.224 e. The number of amides is 1. The SMILES string of the molecule is NC(=O)C12CC3CC(CC(C3)[C@@H]1c1nc(-c3ccccc3)cs1)C2. The summed E-state index contributed by atoms with van der Waals surface area (Å²) in [5.41, 5.74) is 7.82. The third kappa shape index (κ3) is 2.02. The number of thiazole rings is 1. The molecule has 4 fully saturated rings. The highest BCUT2D eigenvalue weighted by Gasteiger charge is 2.61. The number of nitrogens with zero attached hydrogens (tertiary/aromatic N) is 1. The minimum Gasteiger partial charge on any atom is -0.369 e. The van der Waals surface area contributed by atoms with E-state index >= 15 is 0 Å². The van der Waals surface area contributed by atoms with Gasteiger partial charge in [0.15, 0.2) is 0 Å². The van der Waals surface area contributed by atoms with Gasteiger partial charge in [-0.3, -0.25) is 4.79 Å². The lowest BCUT2D eigenvalue weighted by Gasteiger charge is -2.59. The van der Waals surface area contributed by atoms with E-state index in [-0.39, 0.29) is 17.2 Å². The number of carbonyl (C=O) groups is 1. The van der Waals surface area contributed by atoms with Crippen LogP contribution < -0.4 is 5.73 Å². The molecule has 4 aliphatic rings. The van der Waals surface area contributed by atoms with Crippen molar-refractivity contribution in [1.82, 2.24) is 4.98 Å². The summed E-state index contributed by atoms with van der Waals surface area (Å²) in [4.78, 5) is 17.5. The zero-order valence-corrected chi connectivity index (χ0v) is 14.5. The molecule has 1 amide bonds. The van der Waals surface area contributed by atoms with Gasteiger partial charge in [-0.2, -0.15) is 0 Å². The van der Waals surface area contributed by atoms with Crippen molar-refractivity contribution >= 4 is 17.2 Å². The van der Waals surface area contributed by atoms with Gasteiger partial charge in [-0.15, -0.1) is 11.3 Å². The van der Waals surface area contributed by atoms with Crippen molar-refractivity contribution < 1.29 is 4.79 Å². The molecule has 0 spiro atoms. The van der Waals surface area contributed by atoms with Gasteiger partial charge in [0.1, 0.15) is 0 Å². The second kappa shape index (κ2) is 5.16. The second-order valence-electron chi connectivity index (χ2n) is 8.04.